The molecule has 0 saturated carbocycles. The molecule has 0 unspecified atom stereocenters. The number of unbranched alkanes of at least 4 members (excludes halogenated alkanes) is 4. The zero-order valence-electron chi connectivity index (χ0n) is 12.6. The Balaban J connectivity index is 2.41. The van der Waals surface area contributed by atoms with Gasteiger partial charge in [0.15, 0.2) is 0 Å². The van der Waals surface area contributed by atoms with Crippen LogP contribution in [0.2, 0.25) is 0 Å². The fraction of sp³-hybridized carbons (Fsp3) is 0.412. The molecule has 21 heavy (non-hydrogen) atoms. The number of esters is 2. The molecule has 0 heterocycles. The third kappa shape index (κ3) is 7.30. The number of allylic oxidation sites excluding steroid dienone is 1. The lowest BCUT2D eigenvalue weighted by Crippen LogP contribution is -2.04. The van der Waals surface area contributed by atoms with E-state index in [1.165, 1.54) is 38.5 Å². The average Bonchev–Trinajstić information content (AvgIpc) is 2.45. The Bertz CT molecular complexity index is 491. The zero-order valence-corrected chi connectivity index (χ0v) is 12.6. The van der Waals surface area contributed by atoms with Crippen molar-refractivity contribution in [3.05, 3.63) is 42.2 Å². The molecule has 0 aliphatic rings. The lowest BCUT2D eigenvalue weighted by molar-refractivity contribution is -0.131. The van der Waals surface area contributed by atoms with Gasteiger partial charge in [-0.1, -0.05) is 32.3 Å². The third-order valence-corrected chi connectivity index (χ3v) is 2.83. The molecule has 1 rings (SSSR count). The SMILES string of the molecule is CCCCCC/C=C\OC(=O)c1cccc(OC(C)=O)c1. The molecule has 0 bridgehead atoms. The summed E-state index contributed by atoms with van der Waals surface area (Å²) in [7, 11) is 0. The molecule has 0 saturated heterocycles. The molecule has 114 valence electrons. The van der Waals surface area contributed by atoms with Gasteiger partial charge in [-0.05, 0) is 37.1 Å². The first-order valence-corrected chi connectivity index (χ1v) is 7.28. The van der Waals surface area contributed by atoms with Gasteiger partial charge in [-0.3, -0.25) is 4.79 Å². The summed E-state index contributed by atoms with van der Waals surface area (Å²) < 4.78 is 9.96. The van der Waals surface area contributed by atoms with Crippen molar-refractivity contribution in [1.29, 1.82) is 0 Å². The van der Waals surface area contributed by atoms with Crippen LogP contribution in [0.4, 0.5) is 0 Å². The van der Waals surface area contributed by atoms with E-state index in [2.05, 4.69) is 6.92 Å². The minimum Gasteiger partial charge on any atom is -0.431 e. The second-order valence-electron chi connectivity index (χ2n) is 4.75. The van der Waals surface area contributed by atoms with Crippen LogP contribution in [0.25, 0.3) is 0 Å². The molecular weight excluding hydrogens is 268 g/mol. The Morgan fingerprint density at radius 2 is 2.00 bits per heavy atom. The highest BCUT2D eigenvalue weighted by molar-refractivity contribution is 5.90. The normalized spacial score (nSPS) is 10.6. The van der Waals surface area contributed by atoms with Crippen LogP contribution in [0.1, 0.15) is 56.3 Å². The molecule has 1 aromatic rings. The molecule has 0 aliphatic heterocycles. The Labute approximate surface area is 125 Å². The van der Waals surface area contributed by atoms with Gasteiger partial charge < -0.3 is 9.47 Å². The average molecular weight is 290 g/mol. The van der Waals surface area contributed by atoms with Gasteiger partial charge in [0.25, 0.3) is 0 Å². The van der Waals surface area contributed by atoms with E-state index in [1.807, 2.05) is 6.08 Å². The number of rotatable bonds is 8. The number of benzene rings is 1. The summed E-state index contributed by atoms with van der Waals surface area (Å²) in [6.45, 7) is 3.48. The molecule has 0 fully saturated rings. The van der Waals surface area contributed by atoms with Gasteiger partial charge in [-0.2, -0.15) is 0 Å². The van der Waals surface area contributed by atoms with Crippen LogP contribution in [-0.4, -0.2) is 11.9 Å². The lowest BCUT2D eigenvalue weighted by atomic mass is 10.1. The highest BCUT2D eigenvalue weighted by atomic mass is 16.5. The lowest BCUT2D eigenvalue weighted by Gasteiger charge is -2.03. The van der Waals surface area contributed by atoms with Crippen molar-refractivity contribution in [1.82, 2.24) is 0 Å². The van der Waals surface area contributed by atoms with Crippen molar-refractivity contribution in [2.24, 2.45) is 0 Å². The largest absolute Gasteiger partial charge is 0.431 e. The highest BCUT2D eigenvalue weighted by Crippen LogP contribution is 2.14. The van der Waals surface area contributed by atoms with Crippen LogP contribution in [0.3, 0.4) is 0 Å². The third-order valence-electron chi connectivity index (χ3n) is 2.83. The monoisotopic (exact) mass is 290 g/mol. The number of carbonyl (C=O) groups excluding carboxylic acids is 2. The van der Waals surface area contributed by atoms with Gasteiger partial charge in [0.1, 0.15) is 5.75 Å². The molecule has 0 atom stereocenters. The summed E-state index contributed by atoms with van der Waals surface area (Å²) in [5.41, 5.74) is 0.351. The van der Waals surface area contributed by atoms with Crippen LogP contribution in [0.5, 0.6) is 5.75 Å². The van der Waals surface area contributed by atoms with Crippen LogP contribution >= 0.6 is 0 Å². The van der Waals surface area contributed by atoms with E-state index < -0.39 is 11.9 Å². The van der Waals surface area contributed by atoms with Crippen molar-refractivity contribution >= 4 is 11.9 Å². The Morgan fingerprint density at radius 1 is 1.19 bits per heavy atom. The van der Waals surface area contributed by atoms with Crippen molar-refractivity contribution < 1.29 is 19.1 Å². The number of ether oxygens (including phenoxy) is 2. The summed E-state index contributed by atoms with van der Waals surface area (Å²) >= 11 is 0. The number of hydrogen-bond donors (Lipinski definition) is 0. The van der Waals surface area contributed by atoms with Crippen LogP contribution < -0.4 is 4.74 Å². The van der Waals surface area contributed by atoms with Crippen molar-refractivity contribution in [3.63, 3.8) is 0 Å². The minimum absolute atomic E-state index is 0.334. The second kappa shape index (κ2) is 9.75. The Morgan fingerprint density at radius 3 is 2.71 bits per heavy atom. The van der Waals surface area contributed by atoms with E-state index in [9.17, 15) is 9.59 Å². The standard InChI is InChI=1S/C17H22O4/c1-3-4-5-6-7-8-12-20-17(19)15-10-9-11-16(13-15)21-14(2)18/h8-13H,3-7H2,1-2H3/b12-8-. The smallest absolute Gasteiger partial charge is 0.343 e. The van der Waals surface area contributed by atoms with Crippen LogP contribution in [0, 0.1) is 0 Å². The topological polar surface area (TPSA) is 52.6 Å². The summed E-state index contributed by atoms with van der Waals surface area (Å²) in [5, 5.41) is 0. The fourth-order valence-corrected chi connectivity index (χ4v) is 1.79. The van der Waals surface area contributed by atoms with Gasteiger partial charge in [-0.25, -0.2) is 4.79 Å². The Kier molecular flexibility index (Phi) is 7.87. The van der Waals surface area contributed by atoms with Gasteiger partial charge >= 0.3 is 11.9 Å². The Hall–Kier alpha value is -2.10. The summed E-state index contributed by atoms with van der Waals surface area (Å²) in [6.07, 6.45) is 8.91. The molecule has 0 amide bonds. The molecular formula is C17H22O4. The molecule has 4 heteroatoms. The van der Waals surface area contributed by atoms with E-state index in [0.717, 1.165) is 12.8 Å². The first-order chi connectivity index (χ1) is 10.1. The molecule has 0 aromatic heterocycles. The predicted octanol–water partition coefficient (Wildman–Crippen LogP) is 4.25. The summed E-state index contributed by atoms with van der Waals surface area (Å²) in [5.74, 6) is -0.554. The molecule has 1 aromatic carbocycles. The van der Waals surface area contributed by atoms with E-state index in [-0.39, 0.29) is 0 Å². The predicted molar refractivity (Wildman–Crippen MR) is 81.1 cm³/mol. The van der Waals surface area contributed by atoms with E-state index in [1.54, 1.807) is 18.2 Å². The number of carbonyl (C=O) groups is 2. The van der Waals surface area contributed by atoms with Crippen LogP contribution in [0.15, 0.2) is 36.6 Å². The van der Waals surface area contributed by atoms with E-state index in [0.29, 0.717) is 11.3 Å². The maximum atomic E-state index is 11.8. The molecule has 0 N–H and O–H groups in total. The van der Waals surface area contributed by atoms with Gasteiger partial charge in [0, 0.05) is 6.92 Å². The molecule has 0 aliphatic carbocycles. The van der Waals surface area contributed by atoms with Crippen molar-refractivity contribution in [2.45, 2.75) is 46.0 Å². The molecule has 4 nitrogen and oxygen atoms in total. The second-order valence-corrected chi connectivity index (χ2v) is 4.75. The first kappa shape index (κ1) is 17.0. The van der Waals surface area contributed by atoms with Gasteiger partial charge in [0.2, 0.25) is 0 Å². The van der Waals surface area contributed by atoms with Gasteiger partial charge in [-0.15, -0.1) is 0 Å². The quantitative estimate of drug-likeness (QED) is 0.311. The van der Waals surface area contributed by atoms with Gasteiger partial charge in [0.05, 0.1) is 11.8 Å². The number of hydrogen-bond acceptors (Lipinski definition) is 4. The molecule has 0 spiro atoms. The molecule has 0 radical (unpaired) electrons. The summed E-state index contributed by atoms with van der Waals surface area (Å²) in [4.78, 5) is 22.7. The van der Waals surface area contributed by atoms with E-state index in [4.69, 9.17) is 9.47 Å². The van der Waals surface area contributed by atoms with E-state index >= 15 is 0 Å². The van der Waals surface area contributed by atoms with Crippen LogP contribution in [-0.2, 0) is 9.53 Å². The summed E-state index contributed by atoms with van der Waals surface area (Å²) in [6, 6.07) is 6.36. The zero-order chi connectivity index (χ0) is 15.5. The highest BCUT2D eigenvalue weighted by Gasteiger charge is 2.07. The minimum atomic E-state index is -0.464. The maximum Gasteiger partial charge on any atom is 0.343 e. The van der Waals surface area contributed by atoms with Crippen molar-refractivity contribution in [3.8, 4) is 5.75 Å². The van der Waals surface area contributed by atoms with Crippen molar-refractivity contribution in [2.75, 3.05) is 0 Å². The maximum absolute atomic E-state index is 11.8. The fourth-order valence-electron chi connectivity index (χ4n) is 1.79. The first-order valence-electron chi connectivity index (χ1n) is 7.28.